The molecule has 0 saturated carbocycles. The second kappa shape index (κ2) is 5.29. The highest BCUT2D eigenvalue weighted by Crippen LogP contribution is 2.25. The molecule has 18 heavy (non-hydrogen) atoms. The molecule has 0 aromatic heterocycles. The Kier molecular flexibility index (Phi) is 4.21. The first-order chi connectivity index (χ1) is 8.19. The third kappa shape index (κ3) is 4.27. The predicted molar refractivity (Wildman–Crippen MR) is 64.2 cm³/mol. The van der Waals surface area contributed by atoms with Gasteiger partial charge < -0.3 is 11.1 Å². The Bertz CT molecular complexity index is 432. The zero-order valence-electron chi connectivity index (χ0n) is 10.2. The van der Waals surface area contributed by atoms with Crippen LogP contribution in [-0.2, 0) is 4.79 Å². The molecule has 0 bridgehead atoms. The molecule has 0 atom stereocenters. The molecule has 1 rings (SSSR count). The van der Waals surface area contributed by atoms with E-state index in [9.17, 15) is 18.0 Å². The Labute approximate surface area is 103 Å². The highest BCUT2D eigenvalue weighted by molar-refractivity contribution is 5.92. The van der Waals surface area contributed by atoms with Gasteiger partial charge in [0.05, 0.1) is 6.42 Å². The number of carbonyl (C=O) groups excluding carboxylic acids is 1. The molecule has 1 amide bonds. The lowest BCUT2D eigenvalue weighted by Gasteiger charge is -2.13. The van der Waals surface area contributed by atoms with Crippen LogP contribution in [0.5, 0.6) is 0 Å². The largest absolute Gasteiger partial charge is 0.399 e. The van der Waals surface area contributed by atoms with Gasteiger partial charge in [-0.25, -0.2) is 0 Å². The molecule has 0 spiro atoms. The molecule has 0 heterocycles. The number of benzene rings is 1. The quantitative estimate of drug-likeness (QED) is 0.820. The molecule has 3 nitrogen and oxygen atoms in total. The summed E-state index contributed by atoms with van der Waals surface area (Å²) in [6, 6.07) is 3.32. The van der Waals surface area contributed by atoms with E-state index in [1.165, 1.54) is 0 Å². The highest BCUT2D eigenvalue weighted by atomic mass is 19.4. The summed E-state index contributed by atoms with van der Waals surface area (Å²) in [7, 11) is 0. The van der Waals surface area contributed by atoms with Crippen LogP contribution >= 0.6 is 0 Å². The van der Waals surface area contributed by atoms with Crippen LogP contribution in [0.1, 0.15) is 24.0 Å². The summed E-state index contributed by atoms with van der Waals surface area (Å²) in [4.78, 5) is 11.4. The first-order valence-electron chi connectivity index (χ1n) is 5.42. The van der Waals surface area contributed by atoms with Crippen molar-refractivity contribution in [2.24, 2.45) is 0 Å². The first kappa shape index (κ1) is 14.3. The maximum Gasteiger partial charge on any atom is 0.389 e. The minimum absolute atomic E-state index is 0.524. The third-order valence-electron chi connectivity index (χ3n) is 2.45. The number of hydrogen-bond acceptors (Lipinski definition) is 2. The first-order valence-corrected chi connectivity index (χ1v) is 5.42. The highest BCUT2D eigenvalue weighted by Gasteiger charge is 2.28. The summed E-state index contributed by atoms with van der Waals surface area (Å²) >= 11 is 0. The molecular weight excluding hydrogens is 245 g/mol. The van der Waals surface area contributed by atoms with Gasteiger partial charge in [0, 0.05) is 17.8 Å². The molecule has 0 unspecified atom stereocenters. The molecule has 0 aliphatic carbocycles. The number of rotatable bonds is 3. The average Bonchev–Trinajstić information content (AvgIpc) is 2.19. The van der Waals surface area contributed by atoms with E-state index >= 15 is 0 Å². The Morgan fingerprint density at radius 1 is 1.28 bits per heavy atom. The van der Waals surface area contributed by atoms with E-state index in [-0.39, 0.29) is 0 Å². The van der Waals surface area contributed by atoms with Crippen molar-refractivity contribution in [3.8, 4) is 0 Å². The Balaban J connectivity index is 2.71. The number of aryl methyl sites for hydroxylation is 2. The SMILES string of the molecule is Cc1cc(N)cc(C)c1NC(=O)CCC(F)(F)F. The Morgan fingerprint density at radius 3 is 2.22 bits per heavy atom. The van der Waals surface area contributed by atoms with E-state index in [0.29, 0.717) is 11.4 Å². The summed E-state index contributed by atoms with van der Waals surface area (Å²) in [5, 5.41) is 2.48. The van der Waals surface area contributed by atoms with Crippen LogP contribution in [0.15, 0.2) is 12.1 Å². The zero-order chi connectivity index (χ0) is 13.9. The number of alkyl halides is 3. The fourth-order valence-electron chi connectivity index (χ4n) is 1.65. The maximum absolute atomic E-state index is 12.0. The second-order valence-electron chi connectivity index (χ2n) is 4.19. The molecule has 0 aliphatic heterocycles. The van der Waals surface area contributed by atoms with Gasteiger partial charge in [0.25, 0.3) is 0 Å². The van der Waals surface area contributed by atoms with Crippen LogP contribution in [0.2, 0.25) is 0 Å². The van der Waals surface area contributed by atoms with Crippen molar-refractivity contribution < 1.29 is 18.0 Å². The lowest BCUT2D eigenvalue weighted by molar-refractivity contribution is -0.142. The Morgan fingerprint density at radius 2 is 1.78 bits per heavy atom. The monoisotopic (exact) mass is 260 g/mol. The van der Waals surface area contributed by atoms with Crippen molar-refractivity contribution in [2.75, 3.05) is 11.1 Å². The molecule has 0 radical (unpaired) electrons. The number of nitrogens with one attached hydrogen (secondary N) is 1. The van der Waals surface area contributed by atoms with Gasteiger partial charge in [-0.15, -0.1) is 0 Å². The molecule has 6 heteroatoms. The van der Waals surface area contributed by atoms with Crippen molar-refractivity contribution in [3.05, 3.63) is 23.3 Å². The number of nitrogens with two attached hydrogens (primary N) is 1. The minimum Gasteiger partial charge on any atom is -0.399 e. The van der Waals surface area contributed by atoms with Crippen molar-refractivity contribution >= 4 is 17.3 Å². The second-order valence-corrected chi connectivity index (χ2v) is 4.19. The smallest absolute Gasteiger partial charge is 0.389 e. The van der Waals surface area contributed by atoms with Gasteiger partial charge in [0.1, 0.15) is 0 Å². The van der Waals surface area contributed by atoms with Crippen molar-refractivity contribution in [2.45, 2.75) is 32.9 Å². The molecule has 0 saturated heterocycles. The van der Waals surface area contributed by atoms with Gasteiger partial charge in [0.15, 0.2) is 0 Å². The predicted octanol–water partition coefficient (Wildman–Crippen LogP) is 3.17. The number of amides is 1. The van der Waals surface area contributed by atoms with E-state index in [4.69, 9.17) is 5.73 Å². The lowest BCUT2D eigenvalue weighted by Crippen LogP contribution is -2.17. The zero-order valence-corrected chi connectivity index (χ0v) is 10.2. The summed E-state index contributed by atoms with van der Waals surface area (Å²) in [6.45, 7) is 3.48. The van der Waals surface area contributed by atoms with E-state index in [2.05, 4.69) is 5.32 Å². The van der Waals surface area contributed by atoms with Gasteiger partial charge in [-0.05, 0) is 37.1 Å². The summed E-state index contributed by atoms with van der Waals surface area (Å²) in [5.41, 5.74) is 8.15. The molecule has 0 aliphatic rings. The normalized spacial score (nSPS) is 11.4. The van der Waals surface area contributed by atoms with Gasteiger partial charge in [-0.1, -0.05) is 0 Å². The van der Waals surface area contributed by atoms with Crippen molar-refractivity contribution in [1.82, 2.24) is 0 Å². The lowest BCUT2D eigenvalue weighted by atomic mass is 10.1. The summed E-state index contributed by atoms with van der Waals surface area (Å²) in [5.74, 6) is -0.650. The number of halogens is 3. The van der Waals surface area contributed by atoms with Gasteiger partial charge in [-0.2, -0.15) is 13.2 Å². The maximum atomic E-state index is 12.0. The van der Waals surface area contributed by atoms with Gasteiger partial charge in [0.2, 0.25) is 5.91 Å². The number of hydrogen-bond donors (Lipinski definition) is 2. The van der Waals surface area contributed by atoms with E-state index in [1.54, 1.807) is 26.0 Å². The number of carbonyl (C=O) groups is 1. The van der Waals surface area contributed by atoms with Gasteiger partial charge in [-0.3, -0.25) is 4.79 Å². The van der Waals surface area contributed by atoms with Crippen LogP contribution < -0.4 is 11.1 Å². The van der Waals surface area contributed by atoms with Crippen molar-refractivity contribution in [3.63, 3.8) is 0 Å². The summed E-state index contributed by atoms with van der Waals surface area (Å²) < 4.78 is 35.9. The molecular formula is C12H15F3N2O. The fraction of sp³-hybridized carbons (Fsp3) is 0.417. The molecule has 0 fully saturated rings. The number of anilines is 2. The van der Waals surface area contributed by atoms with E-state index in [0.717, 1.165) is 11.1 Å². The summed E-state index contributed by atoms with van der Waals surface area (Å²) in [6.07, 6.45) is -6.01. The topological polar surface area (TPSA) is 55.1 Å². The van der Waals surface area contributed by atoms with E-state index in [1.807, 2.05) is 0 Å². The average molecular weight is 260 g/mol. The van der Waals surface area contributed by atoms with Crippen LogP contribution in [0.25, 0.3) is 0 Å². The van der Waals surface area contributed by atoms with Gasteiger partial charge >= 0.3 is 6.18 Å². The van der Waals surface area contributed by atoms with Crippen molar-refractivity contribution in [1.29, 1.82) is 0 Å². The number of nitrogen functional groups attached to an aromatic ring is 1. The fourth-order valence-corrected chi connectivity index (χ4v) is 1.65. The van der Waals surface area contributed by atoms with Crippen LogP contribution in [0.4, 0.5) is 24.5 Å². The molecule has 1 aromatic rings. The Hall–Kier alpha value is -1.72. The molecule has 3 N–H and O–H groups in total. The van der Waals surface area contributed by atoms with Crippen LogP contribution in [-0.4, -0.2) is 12.1 Å². The van der Waals surface area contributed by atoms with Crippen LogP contribution in [0.3, 0.4) is 0 Å². The minimum atomic E-state index is -4.32. The third-order valence-corrected chi connectivity index (χ3v) is 2.45. The standard InChI is InChI=1S/C12H15F3N2O/c1-7-5-9(16)6-8(2)11(7)17-10(18)3-4-12(13,14)15/h5-6H,3-4,16H2,1-2H3,(H,17,18). The van der Waals surface area contributed by atoms with Crippen LogP contribution in [0, 0.1) is 13.8 Å². The molecule has 1 aromatic carbocycles. The molecule has 100 valence electrons. The van der Waals surface area contributed by atoms with E-state index < -0.39 is 24.9 Å².